The molecule has 4 saturated carbocycles. The second-order valence-electron chi connectivity index (χ2n) is 16.8. The zero-order chi connectivity index (χ0) is 30.3. The molecule has 4 heteroatoms. The number of carbonyl (C=O) groups is 2. The van der Waals surface area contributed by atoms with Crippen molar-refractivity contribution in [3.8, 4) is 0 Å². The van der Waals surface area contributed by atoms with Gasteiger partial charge in [0.2, 0.25) is 0 Å². The third-order valence-corrected chi connectivity index (χ3v) is 14.4. The molecule has 0 amide bonds. The van der Waals surface area contributed by atoms with Crippen LogP contribution in [-0.4, -0.2) is 25.0 Å². The van der Waals surface area contributed by atoms with E-state index in [1.165, 1.54) is 31.9 Å². The number of hydrogen-bond acceptors (Lipinski definition) is 4. The van der Waals surface area contributed by atoms with Crippen molar-refractivity contribution in [3.05, 3.63) is 47.5 Å². The fourth-order valence-electron chi connectivity index (χ4n) is 11.6. The lowest BCUT2D eigenvalue weighted by atomic mass is 9.33. The molecule has 5 aliphatic carbocycles. The van der Waals surface area contributed by atoms with Gasteiger partial charge in [-0.15, -0.1) is 0 Å². The van der Waals surface area contributed by atoms with Gasteiger partial charge in [0.25, 0.3) is 0 Å². The number of esters is 1. The van der Waals surface area contributed by atoms with Gasteiger partial charge in [0, 0.05) is 11.8 Å². The number of rotatable bonds is 4. The summed E-state index contributed by atoms with van der Waals surface area (Å²) >= 11 is 0. The molecule has 0 bridgehead atoms. The van der Waals surface area contributed by atoms with Crippen LogP contribution < -0.4 is 0 Å². The van der Waals surface area contributed by atoms with Gasteiger partial charge in [0.15, 0.2) is 0 Å². The van der Waals surface area contributed by atoms with E-state index in [1.54, 1.807) is 5.57 Å². The maximum absolute atomic E-state index is 13.3. The quantitative estimate of drug-likeness (QED) is 0.205. The summed E-state index contributed by atoms with van der Waals surface area (Å²) < 4.78 is 12.2. The third kappa shape index (κ3) is 4.02. The number of ketones is 1. The molecule has 0 N–H and O–H groups in total. The van der Waals surface area contributed by atoms with Crippen molar-refractivity contribution in [1.29, 1.82) is 0 Å². The lowest BCUT2D eigenvalue weighted by Gasteiger charge is -2.71. The van der Waals surface area contributed by atoms with E-state index in [0.717, 1.165) is 32.1 Å². The molecule has 0 aliphatic heterocycles. The Morgan fingerprint density at radius 3 is 2.29 bits per heavy atom. The van der Waals surface area contributed by atoms with Gasteiger partial charge in [-0.1, -0.05) is 83.5 Å². The number of benzene rings is 1. The Bertz CT molecular complexity index is 1270. The minimum Gasteiger partial charge on any atom is -0.468 e. The molecule has 230 valence electrons. The average molecular weight is 575 g/mol. The first kappa shape index (κ1) is 30.1. The van der Waals surface area contributed by atoms with Crippen molar-refractivity contribution < 1.29 is 19.1 Å². The monoisotopic (exact) mass is 574 g/mol. The molecular formula is C38H54O4. The molecule has 0 saturated heterocycles. The van der Waals surface area contributed by atoms with Crippen molar-refractivity contribution in [2.45, 2.75) is 119 Å². The van der Waals surface area contributed by atoms with E-state index in [1.807, 2.05) is 6.92 Å². The Labute approximate surface area is 254 Å². The molecule has 42 heavy (non-hydrogen) atoms. The second-order valence-corrected chi connectivity index (χ2v) is 16.8. The zero-order valence-electron chi connectivity index (χ0n) is 27.5. The highest BCUT2D eigenvalue weighted by Crippen LogP contribution is 2.75. The average Bonchev–Trinajstić information content (AvgIpc) is 2.95. The summed E-state index contributed by atoms with van der Waals surface area (Å²) in [6.07, 6.45) is 12.0. The summed E-state index contributed by atoms with van der Waals surface area (Å²) in [6.45, 7) is 17.6. The number of ether oxygens (including phenoxy) is 2. The van der Waals surface area contributed by atoms with Gasteiger partial charge >= 0.3 is 5.97 Å². The van der Waals surface area contributed by atoms with Crippen molar-refractivity contribution in [3.63, 3.8) is 0 Å². The summed E-state index contributed by atoms with van der Waals surface area (Å²) in [4.78, 5) is 26.5. The summed E-state index contributed by atoms with van der Waals surface area (Å²) in [5, 5.41) is 0. The summed E-state index contributed by atoms with van der Waals surface area (Å²) in [5.74, 6) is 0.745. The Hall–Kier alpha value is -1.94. The molecule has 1 aromatic rings. The molecule has 5 aliphatic rings. The van der Waals surface area contributed by atoms with Gasteiger partial charge in [-0.05, 0) is 103 Å². The molecule has 9 atom stereocenters. The highest BCUT2D eigenvalue weighted by atomic mass is 16.5. The van der Waals surface area contributed by atoms with E-state index in [2.05, 4.69) is 78.0 Å². The van der Waals surface area contributed by atoms with Crippen LogP contribution in [0.1, 0.15) is 112 Å². The van der Waals surface area contributed by atoms with E-state index in [0.29, 0.717) is 24.9 Å². The van der Waals surface area contributed by atoms with Crippen molar-refractivity contribution >= 4 is 11.8 Å². The Morgan fingerprint density at radius 2 is 1.60 bits per heavy atom. The van der Waals surface area contributed by atoms with Crippen LogP contribution in [0.2, 0.25) is 0 Å². The van der Waals surface area contributed by atoms with Gasteiger partial charge in [-0.25, -0.2) is 0 Å². The summed E-state index contributed by atoms with van der Waals surface area (Å²) in [5.41, 5.74) is 2.43. The third-order valence-electron chi connectivity index (χ3n) is 14.4. The van der Waals surface area contributed by atoms with Crippen LogP contribution in [0.15, 0.2) is 42.0 Å². The number of carbonyl (C=O) groups excluding carboxylic acids is 2. The zero-order valence-corrected chi connectivity index (χ0v) is 27.5. The Balaban J connectivity index is 1.36. The molecule has 0 radical (unpaired) electrons. The lowest BCUT2D eigenvalue weighted by molar-refractivity contribution is -0.203. The highest BCUT2D eigenvalue weighted by molar-refractivity contribution is 6.04. The first-order valence-electron chi connectivity index (χ1n) is 16.6. The van der Waals surface area contributed by atoms with Crippen LogP contribution in [0.25, 0.3) is 0 Å². The predicted molar refractivity (Wildman–Crippen MR) is 166 cm³/mol. The summed E-state index contributed by atoms with van der Waals surface area (Å²) in [7, 11) is 1.44. The number of allylic oxidation sites excluding steroid dienone is 2. The molecular weight excluding hydrogens is 520 g/mol. The standard InChI is InChI=1S/C38H54O4/c1-33(2)22-27-26-14-15-28-35(4)18-17-30(39)38(7,32(40)41-8)29(35)16-19-37(28,6)36(26,5)21-20-34(27,3)31(23-33)42-24-25-12-10-9-11-13-25/h9-14,27-29,31H,15-24H2,1-8H3/t27-,28?,29?,31+,34+,35+,36+,37+,38+/m0/s1. The minimum absolute atomic E-state index is 0.0357. The molecule has 2 unspecified atom stereocenters. The number of hydrogen-bond donors (Lipinski definition) is 0. The van der Waals surface area contributed by atoms with Crippen LogP contribution in [0, 0.1) is 50.2 Å². The Morgan fingerprint density at radius 1 is 0.881 bits per heavy atom. The molecule has 4 fully saturated rings. The van der Waals surface area contributed by atoms with Gasteiger partial charge in [0.1, 0.15) is 11.2 Å². The maximum atomic E-state index is 13.3. The molecule has 1 aromatic carbocycles. The van der Waals surface area contributed by atoms with Crippen LogP contribution in [0.5, 0.6) is 0 Å². The minimum atomic E-state index is -1.03. The normalized spacial score (nSPS) is 45.9. The van der Waals surface area contributed by atoms with Crippen LogP contribution in [0.4, 0.5) is 0 Å². The van der Waals surface area contributed by atoms with Gasteiger partial charge < -0.3 is 9.47 Å². The number of methoxy groups -OCH3 is 1. The van der Waals surface area contributed by atoms with E-state index < -0.39 is 5.41 Å². The number of Topliss-reactive ketones (excluding diaryl/α,β-unsaturated/α-hetero) is 1. The maximum Gasteiger partial charge on any atom is 0.319 e. The predicted octanol–water partition coefficient (Wildman–Crippen LogP) is 8.73. The van der Waals surface area contributed by atoms with Crippen LogP contribution in [0.3, 0.4) is 0 Å². The van der Waals surface area contributed by atoms with Gasteiger partial charge in [-0.2, -0.15) is 0 Å². The molecule has 0 spiro atoms. The second kappa shape index (κ2) is 9.78. The van der Waals surface area contributed by atoms with E-state index in [9.17, 15) is 9.59 Å². The van der Waals surface area contributed by atoms with E-state index in [4.69, 9.17) is 9.47 Å². The van der Waals surface area contributed by atoms with E-state index in [-0.39, 0.29) is 50.8 Å². The molecule has 0 aromatic heterocycles. The van der Waals surface area contributed by atoms with Crippen LogP contribution in [-0.2, 0) is 25.7 Å². The number of fused-ring (bicyclic) bond motifs is 7. The van der Waals surface area contributed by atoms with Crippen molar-refractivity contribution in [2.75, 3.05) is 7.11 Å². The molecule has 6 rings (SSSR count). The van der Waals surface area contributed by atoms with Crippen molar-refractivity contribution in [1.82, 2.24) is 0 Å². The van der Waals surface area contributed by atoms with Gasteiger partial charge in [0.05, 0.1) is 19.8 Å². The largest absolute Gasteiger partial charge is 0.468 e. The van der Waals surface area contributed by atoms with E-state index >= 15 is 0 Å². The first-order chi connectivity index (χ1) is 19.7. The van der Waals surface area contributed by atoms with Crippen LogP contribution >= 0.6 is 0 Å². The fraction of sp³-hybridized carbons (Fsp3) is 0.737. The highest BCUT2D eigenvalue weighted by Gasteiger charge is 2.70. The Kier molecular flexibility index (Phi) is 7.01. The molecule has 4 nitrogen and oxygen atoms in total. The SMILES string of the molecule is COC(=O)[C@@]1(C)C(=O)CC[C@@]2(C)C1CC[C@]1(C)C2CC=C2[C@@H]3CC(C)(C)C[C@@H](OCc4ccccc4)[C@]3(C)CC[C@]21C. The fourth-order valence-corrected chi connectivity index (χ4v) is 11.6. The smallest absolute Gasteiger partial charge is 0.319 e. The first-order valence-corrected chi connectivity index (χ1v) is 16.6. The summed E-state index contributed by atoms with van der Waals surface area (Å²) in [6, 6.07) is 10.6. The molecule has 0 heterocycles. The van der Waals surface area contributed by atoms with Crippen molar-refractivity contribution in [2.24, 2.45) is 50.2 Å². The lowest BCUT2D eigenvalue weighted by Crippen LogP contribution is -2.66. The topological polar surface area (TPSA) is 52.6 Å². The van der Waals surface area contributed by atoms with Gasteiger partial charge in [-0.3, -0.25) is 9.59 Å².